The molecular weight excluding hydrogens is 298 g/mol. The fourth-order valence-corrected chi connectivity index (χ4v) is 2.19. The molecule has 2 N–H and O–H groups in total. The molecule has 20 heavy (non-hydrogen) atoms. The van der Waals surface area contributed by atoms with Gasteiger partial charge in [0.2, 0.25) is 17.4 Å². The topological polar surface area (TPSA) is 61.6 Å². The van der Waals surface area contributed by atoms with Crippen LogP contribution in [0.5, 0.6) is 0 Å². The van der Waals surface area contributed by atoms with E-state index in [1.54, 1.807) is 19.1 Å². The molecule has 1 aliphatic heterocycles. The molecule has 0 aliphatic carbocycles. The summed E-state index contributed by atoms with van der Waals surface area (Å²) in [6.07, 6.45) is 4.44. The number of carbonyl (C=O) groups is 1. The number of hydrogen-bond donors (Lipinski definition) is 1. The molecule has 0 saturated heterocycles. The van der Waals surface area contributed by atoms with Crippen molar-refractivity contribution in [3.8, 4) is 0 Å². The smallest absolute Gasteiger partial charge is 0.249 e. The number of nitrogens with two attached hydrogens (primary N) is 1. The highest BCUT2D eigenvalue weighted by Gasteiger charge is 2.37. The number of halogens is 1. The molecule has 0 fully saturated rings. The van der Waals surface area contributed by atoms with E-state index in [0.717, 1.165) is 17.7 Å². The van der Waals surface area contributed by atoms with Crippen molar-refractivity contribution in [2.75, 3.05) is 5.75 Å². The van der Waals surface area contributed by atoms with Crippen LogP contribution in [0.3, 0.4) is 0 Å². The first-order valence-corrected chi connectivity index (χ1v) is 7.83. The molecule has 1 aliphatic rings. The van der Waals surface area contributed by atoms with Crippen LogP contribution in [0.4, 0.5) is 0 Å². The lowest BCUT2D eigenvalue weighted by Crippen LogP contribution is -2.21. The third-order valence-corrected chi connectivity index (χ3v) is 3.62. The van der Waals surface area contributed by atoms with E-state index in [9.17, 15) is 4.79 Å². The SMILES string of the molecule is CCCSOC1=C(N)OC(/C(=C/C=C(\C)Cl)CC)C1=O. The lowest BCUT2D eigenvalue weighted by molar-refractivity contribution is -0.121. The number of Topliss-reactive ketones (excluding diaryl/α,β-unsaturated/α-hetero) is 1. The normalized spacial score (nSPS) is 20.4. The number of allylic oxidation sites excluding steroid dienone is 3. The minimum Gasteiger partial charge on any atom is -0.460 e. The van der Waals surface area contributed by atoms with Gasteiger partial charge in [0.05, 0.1) is 12.0 Å². The molecule has 0 aromatic rings. The average molecular weight is 318 g/mol. The Hall–Kier alpha value is -1.07. The maximum Gasteiger partial charge on any atom is 0.249 e. The third-order valence-electron chi connectivity index (χ3n) is 2.63. The number of rotatable bonds is 7. The largest absolute Gasteiger partial charge is 0.460 e. The second-order valence-corrected chi connectivity index (χ2v) is 5.72. The minimum atomic E-state index is -0.704. The van der Waals surface area contributed by atoms with E-state index < -0.39 is 6.10 Å². The van der Waals surface area contributed by atoms with E-state index >= 15 is 0 Å². The molecule has 0 bridgehead atoms. The van der Waals surface area contributed by atoms with E-state index in [-0.39, 0.29) is 17.4 Å². The molecule has 0 aromatic carbocycles. The van der Waals surface area contributed by atoms with Crippen molar-refractivity contribution < 1.29 is 13.7 Å². The molecule has 0 spiro atoms. The number of ether oxygens (including phenoxy) is 1. The van der Waals surface area contributed by atoms with Crippen LogP contribution in [0, 0.1) is 0 Å². The predicted octanol–water partition coefficient (Wildman–Crippen LogP) is 3.64. The molecule has 112 valence electrons. The van der Waals surface area contributed by atoms with Gasteiger partial charge in [0.1, 0.15) is 0 Å². The van der Waals surface area contributed by atoms with Gasteiger partial charge in [-0.15, -0.1) is 0 Å². The standard InChI is InChI=1S/C14H20ClNO3S/c1-4-8-20-19-13-11(17)12(18-14(13)16)10(5-2)7-6-9(3)15/h6-7,12H,4-5,8,16H2,1-3H3/b9-6+,10-7+. The van der Waals surface area contributed by atoms with Crippen LogP contribution in [0.15, 0.2) is 34.4 Å². The van der Waals surface area contributed by atoms with Crippen LogP contribution >= 0.6 is 23.6 Å². The Balaban J connectivity index is 2.79. The predicted molar refractivity (Wildman–Crippen MR) is 82.9 cm³/mol. The zero-order chi connectivity index (χ0) is 15.1. The Labute approximate surface area is 129 Å². The van der Waals surface area contributed by atoms with Gasteiger partial charge in [0, 0.05) is 10.8 Å². The summed E-state index contributed by atoms with van der Waals surface area (Å²) in [5, 5.41) is 0.636. The lowest BCUT2D eigenvalue weighted by Gasteiger charge is -2.12. The Morgan fingerprint density at radius 3 is 2.75 bits per heavy atom. The Bertz CT molecular complexity index is 453. The van der Waals surface area contributed by atoms with E-state index in [4.69, 9.17) is 26.3 Å². The number of ketones is 1. The van der Waals surface area contributed by atoms with Gasteiger partial charge in [-0.1, -0.05) is 31.5 Å². The van der Waals surface area contributed by atoms with Crippen LogP contribution in [0.25, 0.3) is 0 Å². The van der Waals surface area contributed by atoms with Gasteiger partial charge in [-0.2, -0.15) is 0 Å². The van der Waals surface area contributed by atoms with Crippen LogP contribution < -0.4 is 5.73 Å². The van der Waals surface area contributed by atoms with Crippen molar-refractivity contribution in [2.45, 2.75) is 39.7 Å². The summed E-state index contributed by atoms with van der Waals surface area (Å²) in [6.45, 7) is 5.74. The molecule has 0 aromatic heterocycles. The molecule has 1 unspecified atom stereocenters. The number of hydrogen-bond acceptors (Lipinski definition) is 5. The van der Waals surface area contributed by atoms with E-state index in [0.29, 0.717) is 11.5 Å². The van der Waals surface area contributed by atoms with Crippen molar-refractivity contribution in [2.24, 2.45) is 5.73 Å². The summed E-state index contributed by atoms with van der Waals surface area (Å²) in [6, 6.07) is 0. The van der Waals surface area contributed by atoms with Crippen LogP contribution in [0.1, 0.15) is 33.6 Å². The number of carbonyl (C=O) groups excluding carboxylic acids is 1. The monoisotopic (exact) mass is 317 g/mol. The summed E-state index contributed by atoms with van der Waals surface area (Å²) >= 11 is 7.00. The van der Waals surface area contributed by atoms with Crippen LogP contribution in [0.2, 0.25) is 0 Å². The van der Waals surface area contributed by atoms with Crippen molar-refractivity contribution >= 4 is 29.4 Å². The summed E-state index contributed by atoms with van der Waals surface area (Å²) in [5.41, 5.74) is 6.54. The fourth-order valence-electron chi connectivity index (χ4n) is 1.60. The molecule has 0 saturated carbocycles. The molecular formula is C14H20ClNO3S. The molecule has 1 rings (SSSR count). The Morgan fingerprint density at radius 2 is 2.20 bits per heavy atom. The second-order valence-electron chi connectivity index (χ2n) is 4.31. The van der Waals surface area contributed by atoms with Crippen LogP contribution in [-0.4, -0.2) is 17.6 Å². The average Bonchev–Trinajstić information content (AvgIpc) is 2.67. The van der Waals surface area contributed by atoms with Gasteiger partial charge in [-0.25, -0.2) is 0 Å². The zero-order valence-electron chi connectivity index (χ0n) is 11.9. The van der Waals surface area contributed by atoms with Crippen molar-refractivity contribution in [1.29, 1.82) is 0 Å². The van der Waals surface area contributed by atoms with E-state index in [2.05, 4.69) is 0 Å². The minimum absolute atomic E-state index is 0.0505. The summed E-state index contributed by atoms with van der Waals surface area (Å²) in [7, 11) is 0. The summed E-state index contributed by atoms with van der Waals surface area (Å²) in [4.78, 5) is 12.3. The van der Waals surface area contributed by atoms with Crippen molar-refractivity contribution in [3.63, 3.8) is 0 Å². The van der Waals surface area contributed by atoms with Gasteiger partial charge < -0.3 is 14.7 Å². The Kier molecular flexibility index (Phi) is 7.02. The molecule has 6 heteroatoms. The first kappa shape index (κ1) is 17.0. The van der Waals surface area contributed by atoms with Gasteiger partial charge in [-0.3, -0.25) is 4.79 Å². The fraction of sp³-hybridized carbons (Fsp3) is 0.500. The second kappa shape index (κ2) is 8.27. The first-order chi connectivity index (χ1) is 9.51. The maximum absolute atomic E-state index is 12.3. The van der Waals surface area contributed by atoms with Crippen LogP contribution in [-0.2, 0) is 13.7 Å². The molecule has 1 atom stereocenters. The van der Waals surface area contributed by atoms with E-state index in [1.807, 2.05) is 13.8 Å². The quantitative estimate of drug-likeness (QED) is 0.441. The van der Waals surface area contributed by atoms with Gasteiger partial charge in [0.15, 0.2) is 6.10 Å². The van der Waals surface area contributed by atoms with Gasteiger partial charge >= 0.3 is 0 Å². The first-order valence-electron chi connectivity index (χ1n) is 6.54. The molecule has 4 nitrogen and oxygen atoms in total. The van der Waals surface area contributed by atoms with Gasteiger partial charge in [0.25, 0.3) is 0 Å². The highest BCUT2D eigenvalue weighted by molar-refractivity contribution is 7.94. The third kappa shape index (κ3) is 4.49. The Morgan fingerprint density at radius 1 is 1.50 bits per heavy atom. The summed E-state index contributed by atoms with van der Waals surface area (Å²) in [5.74, 6) is 0.716. The lowest BCUT2D eigenvalue weighted by atomic mass is 10.0. The zero-order valence-corrected chi connectivity index (χ0v) is 13.5. The molecule has 0 amide bonds. The summed E-state index contributed by atoms with van der Waals surface area (Å²) < 4.78 is 10.8. The van der Waals surface area contributed by atoms with E-state index in [1.165, 1.54) is 12.0 Å². The maximum atomic E-state index is 12.3. The molecule has 0 radical (unpaired) electrons. The van der Waals surface area contributed by atoms with Gasteiger partial charge in [-0.05, 0) is 31.4 Å². The van der Waals surface area contributed by atoms with Crippen molar-refractivity contribution in [3.05, 3.63) is 34.4 Å². The highest BCUT2D eigenvalue weighted by atomic mass is 35.5. The highest BCUT2D eigenvalue weighted by Crippen LogP contribution is 2.29. The molecule has 1 heterocycles. The van der Waals surface area contributed by atoms with Crippen molar-refractivity contribution in [1.82, 2.24) is 0 Å².